The van der Waals surface area contributed by atoms with Gasteiger partial charge in [0, 0.05) is 29.1 Å². The molecule has 3 rings (SSSR count). The second-order valence-electron chi connectivity index (χ2n) is 8.61. The summed E-state index contributed by atoms with van der Waals surface area (Å²) in [4.78, 5) is 30.3. The lowest BCUT2D eigenvalue weighted by Crippen LogP contribution is -2.41. The SMILES string of the molecule is CN(C)CCc1c[nH]c2ccc(C(C(=O)C(C)(C)C)C3COC(=O)N3)cc12. The fourth-order valence-electron chi connectivity index (χ4n) is 3.55. The number of rotatable bonds is 6. The maximum Gasteiger partial charge on any atom is 0.407 e. The minimum Gasteiger partial charge on any atom is -0.447 e. The number of alkyl carbamates (subject to hydrolysis) is 1. The lowest BCUT2D eigenvalue weighted by Gasteiger charge is -2.28. The van der Waals surface area contributed by atoms with E-state index in [4.69, 9.17) is 4.74 Å². The van der Waals surface area contributed by atoms with Crippen LogP contribution in [0.2, 0.25) is 0 Å². The highest BCUT2D eigenvalue weighted by Crippen LogP contribution is 2.33. The summed E-state index contributed by atoms with van der Waals surface area (Å²) in [6.45, 7) is 6.91. The van der Waals surface area contributed by atoms with Crippen LogP contribution in [-0.2, 0) is 16.0 Å². The molecule has 146 valence electrons. The number of carbonyl (C=O) groups excluding carboxylic acids is 2. The van der Waals surface area contributed by atoms with E-state index in [0.29, 0.717) is 0 Å². The summed E-state index contributed by atoms with van der Waals surface area (Å²) in [7, 11) is 4.11. The number of benzene rings is 1. The van der Waals surface area contributed by atoms with Crippen LogP contribution in [0.4, 0.5) is 4.79 Å². The van der Waals surface area contributed by atoms with Gasteiger partial charge in [0.15, 0.2) is 0 Å². The molecule has 2 atom stereocenters. The van der Waals surface area contributed by atoms with Crippen molar-refractivity contribution in [2.24, 2.45) is 5.41 Å². The first kappa shape index (κ1) is 19.4. The average molecular weight is 371 g/mol. The van der Waals surface area contributed by atoms with Crippen LogP contribution in [-0.4, -0.2) is 55.0 Å². The number of nitrogens with one attached hydrogen (secondary N) is 2. The molecule has 27 heavy (non-hydrogen) atoms. The number of aromatic nitrogens is 1. The van der Waals surface area contributed by atoms with E-state index in [0.717, 1.165) is 29.4 Å². The van der Waals surface area contributed by atoms with Gasteiger partial charge >= 0.3 is 6.09 Å². The Hall–Kier alpha value is -2.34. The van der Waals surface area contributed by atoms with Crippen molar-refractivity contribution in [1.82, 2.24) is 15.2 Å². The van der Waals surface area contributed by atoms with Gasteiger partial charge in [0.25, 0.3) is 0 Å². The molecular weight excluding hydrogens is 342 g/mol. The molecule has 2 aromatic rings. The van der Waals surface area contributed by atoms with Crippen molar-refractivity contribution in [1.29, 1.82) is 0 Å². The molecule has 0 bridgehead atoms. The van der Waals surface area contributed by atoms with E-state index in [1.807, 2.05) is 39.1 Å². The molecule has 0 spiro atoms. The zero-order valence-electron chi connectivity index (χ0n) is 16.8. The normalized spacial score (nSPS) is 18.6. The molecule has 1 fully saturated rings. The van der Waals surface area contributed by atoms with Crippen molar-refractivity contribution < 1.29 is 14.3 Å². The van der Waals surface area contributed by atoms with E-state index >= 15 is 0 Å². The van der Waals surface area contributed by atoms with E-state index < -0.39 is 17.4 Å². The largest absolute Gasteiger partial charge is 0.447 e. The molecule has 0 radical (unpaired) electrons. The van der Waals surface area contributed by atoms with Crippen LogP contribution < -0.4 is 5.32 Å². The maximum absolute atomic E-state index is 13.2. The van der Waals surface area contributed by atoms with Crippen LogP contribution in [0, 0.1) is 5.41 Å². The third kappa shape index (κ3) is 4.16. The van der Waals surface area contributed by atoms with Crippen molar-refractivity contribution in [3.63, 3.8) is 0 Å². The van der Waals surface area contributed by atoms with Gasteiger partial charge < -0.3 is 19.9 Å². The number of amides is 1. The lowest BCUT2D eigenvalue weighted by atomic mass is 9.76. The number of aromatic amines is 1. The molecule has 6 nitrogen and oxygen atoms in total. The molecule has 6 heteroatoms. The highest BCUT2D eigenvalue weighted by Gasteiger charge is 2.40. The molecular formula is C21H29N3O3. The molecule has 1 aromatic heterocycles. The number of likely N-dealkylation sites (N-methyl/N-ethyl adjacent to an activating group) is 1. The summed E-state index contributed by atoms with van der Waals surface area (Å²) in [5.41, 5.74) is 2.69. The average Bonchev–Trinajstić information content (AvgIpc) is 3.18. The maximum atomic E-state index is 13.2. The summed E-state index contributed by atoms with van der Waals surface area (Å²) >= 11 is 0. The third-order valence-electron chi connectivity index (χ3n) is 5.10. The Balaban J connectivity index is 2.00. The van der Waals surface area contributed by atoms with Crippen molar-refractivity contribution in [2.45, 2.75) is 39.2 Å². The van der Waals surface area contributed by atoms with Gasteiger partial charge in [-0.2, -0.15) is 0 Å². The van der Waals surface area contributed by atoms with E-state index in [1.165, 1.54) is 5.56 Å². The topological polar surface area (TPSA) is 74.4 Å². The minimum absolute atomic E-state index is 0.100. The molecule has 2 N–H and O–H groups in total. The molecule has 2 heterocycles. The van der Waals surface area contributed by atoms with Gasteiger partial charge in [0.2, 0.25) is 0 Å². The van der Waals surface area contributed by atoms with Gasteiger partial charge in [-0.1, -0.05) is 26.8 Å². The number of fused-ring (bicyclic) bond motifs is 1. The van der Waals surface area contributed by atoms with Crippen molar-refractivity contribution in [2.75, 3.05) is 27.2 Å². The minimum atomic E-state index is -0.515. The number of Topliss-reactive ketones (excluding diaryl/α,β-unsaturated/α-hetero) is 1. The molecule has 0 aliphatic carbocycles. The molecule has 0 saturated carbocycles. The molecule has 1 aliphatic rings. The van der Waals surface area contributed by atoms with E-state index in [1.54, 1.807) is 0 Å². The standard InChI is InChI=1S/C21H29N3O3/c1-21(2,3)19(25)18(17-12-27-20(26)23-17)13-6-7-16-15(10-13)14(11-22-16)8-9-24(4)5/h6-7,10-11,17-18,22H,8-9,12H2,1-5H3,(H,23,26). The van der Waals surface area contributed by atoms with Gasteiger partial charge in [0.05, 0.1) is 12.0 Å². The highest BCUT2D eigenvalue weighted by atomic mass is 16.6. The summed E-state index contributed by atoms with van der Waals surface area (Å²) in [6, 6.07) is 5.75. The predicted molar refractivity (Wildman–Crippen MR) is 106 cm³/mol. The second kappa shape index (κ2) is 7.35. The Morgan fingerprint density at radius 2 is 2.07 bits per heavy atom. The van der Waals surface area contributed by atoms with Crippen molar-refractivity contribution >= 4 is 22.8 Å². The van der Waals surface area contributed by atoms with Crippen LogP contribution in [0.25, 0.3) is 10.9 Å². The Morgan fingerprint density at radius 3 is 2.67 bits per heavy atom. The number of cyclic esters (lactones) is 1. The molecule has 1 amide bonds. The Labute approximate surface area is 160 Å². The van der Waals surface area contributed by atoms with Crippen molar-refractivity contribution in [3.05, 3.63) is 35.5 Å². The number of carbonyl (C=O) groups is 2. The zero-order chi connectivity index (χ0) is 19.8. The number of hydrogen-bond acceptors (Lipinski definition) is 4. The lowest BCUT2D eigenvalue weighted by molar-refractivity contribution is -0.128. The van der Waals surface area contributed by atoms with Crippen LogP contribution in [0.15, 0.2) is 24.4 Å². The zero-order valence-corrected chi connectivity index (χ0v) is 16.8. The smallest absolute Gasteiger partial charge is 0.407 e. The van der Waals surface area contributed by atoms with E-state index in [2.05, 4.69) is 35.4 Å². The van der Waals surface area contributed by atoms with E-state index in [9.17, 15) is 9.59 Å². The van der Waals surface area contributed by atoms with Crippen LogP contribution >= 0.6 is 0 Å². The molecule has 2 unspecified atom stereocenters. The van der Waals surface area contributed by atoms with Crippen LogP contribution in [0.3, 0.4) is 0 Å². The molecule has 1 saturated heterocycles. The number of ketones is 1. The number of ether oxygens (including phenoxy) is 1. The first-order valence-corrected chi connectivity index (χ1v) is 9.39. The Bertz CT molecular complexity index is 848. The fraction of sp³-hybridized carbons (Fsp3) is 0.524. The number of H-pyrrole nitrogens is 1. The highest BCUT2D eigenvalue weighted by molar-refractivity contribution is 5.93. The van der Waals surface area contributed by atoms with Gasteiger partial charge in [0.1, 0.15) is 12.4 Å². The number of hydrogen-bond donors (Lipinski definition) is 2. The Morgan fingerprint density at radius 1 is 1.33 bits per heavy atom. The molecule has 1 aliphatic heterocycles. The van der Waals surface area contributed by atoms with Crippen LogP contribution in [0.1, 0.15) is 37.8 Å². The second-order valence-corrected chi connectivity index (χ2v) is 8.61. The summed E-state index contributed by atoms with van der Waals surface area (Å²) in [6.07, 6.45) is 2.51. The fourth-order valence-corrected chi connectivity index (χ4v) is 3.55. The predicted octanol–water partition coefficient (Wildman–Crippen LogP) is 3.08. The summed E-state index contributed by atoms with van der Waals surface area (Å²) in [5.74, 6) is -0.333. The van der Waals surface area contributed by atoms with E-state index in [-0.39, 0.29) is 18.4 Å². The van der Waals surface area contributed by atoms with Crippen LogP contribution in [0.5, 0.6) is 0 Å². The monoisotopic (exact) mass is 371 g/mol. The van der Waals surface area contributed by atoms with Gasteiger partial charge in [-0.3, -0.25) is 4.79 Å². The van der Waals surface area contributed by atoms with Gasteiger partial charge in [-0.05, 0) is 43.8 Å². The first-order valence-electron chi connectivity index (χ1n) is 9.39. The summed E-state index contributed by atoms with van der Waals surface area (Å²) < 4.78 is 5.08. The first-order chi connectivity index (χ1) is 12.7. The summed E-state index contributed by atoms with van der Waals surface area (Å²) in [5, 5.41) is 3.94. The quantitative estimate of drug-likeness (QED) is 0.818. The van der Waals surface area contributed by atoms with Crippen molar-refractivity contribution in [3.8, 4) is 0 Å². The third-order valence-corrected chi connectivity index (χ3v) is 5.10. The Kier molecular flexibility index (Phi) is 5.29. The van der Waals surface area contributed by atoms with Gasteiger partial charge in [-0.25, -0.2) is 4.79 Å². The molecule has 1 aromatic carbocycles. The number of nitrogens with zero attached hydrogens (tertiary/aromatic N) is 1. The van der Waals surface area contributed by atoms with Gasteiger partial charge in [-0.15, -0.1) is 0 Å².